The van der Waals surface area contributed by atoms with Gasteiger partial charge in [0.15, 0.2) is 11.6 Å². The van der Waals surface area contributed by atoms with Gasteiger partial charge in [0.1, 0.15) is 5.69 Å². The fourth-order valence-electron chi connectivity index (χ4n) is 2.83. The summed E-state index contributed by atoms with van der Waals surface area (Å²) in [5.41, 5.74) is 2.54. The topological polar surface area (TPSA) is 51.1 Å². The second-order valence-corrected chi connectivity index (χ2v) is 6.79. The maximum atomic E-state index is 6.02. The van der Waals surface area contributed by atoms with Crippen molar-refractivity contribution in [1.29, 1.82) is 0 Å². The minimum absolute atomic E-state index is 0.570. The van der Waals surface area contributed by atoms with Crippen LogP contribution < -0.4 is 4.90 Å². The fraction of sp³-hybridized carbons (Fsp3) is 0.211. The SMILES string of the molecule is Clc1ccc(-c2nnc(-c3ccc(Cl)cc3)c(N3CCOCC3)n2)cc1. The molecule has 26 heavy (non-hydrogen) atoms. The molecule has 3 aromatic rings. The van der Waals surface area contributed by atoms with Crippen molar-refractivity contribution in [1.82, 2.24) is 15.2 Å². The van der Waals surface area contributed by atoms with E-state index in [2.05, 4.69) is 15.1 Å². The molecule has 2 heterocycles. The number of hydrogen-bond acceptors (Lipinski definition) is 5. The van der Waals surface area contributed by atoms with Crippen LogP contribution in [0.2, 0.25) is 10.0 Å². The van der Waals surface area contributed by atoms with Crippen molar-refractivity contribution >= 4 is 29.0 Å². The highest BCUT2D eigenvalue weighted by atomic mass is 35.5. The summed E-state index contributed by atoms with van der Waals surface area (Å²) in [6.45, 7) is 2.86. The number of anilines is 1. The van der Waals surface area contributed by atoms with Gasteiger partial charge in [0.2, 0.25) is 0 Å². The number of nitrogens with zero attached hydrogens (tertiary/aromatic N) is 4. The Morgan fingerprint density at radius 2 is 1.35 bits per heavy atom. The molecule has 4 rings (SSSR count). The van der Waals surface area contributed by atoms with Gasteiger partial charge >= 0.3 is 0 Å². The number of aromatic nitrogens is 3. The first kappa shape index (κ1) is 17.2. The monoisotopic (exact) mass is 386 g/mol. The van der Waals surface area contributed by atoms with Gasteiger partial charge in [-0.25, -0.2) is 4.98 Å². The van der Waals surface area contributed by atoms with Gasteiger partial charge in [0.05, 0.1) is 13.2 Å². The first-order valence-electron chi connectivity index (χ1n) is 8.30. The number of halogens is 2. The molecule has 0 aliphatic carbocycles. The van der Waals surface area contributed by atoms with Crippen LogP contribution in [0.15, 0.2) is 48.5 Å². The van der Waals surface area contributed by atoms with E-state index in [4.69, 9.17) is 32.9 Å². The third-order valence-corrected chi connectivity index (χ3v) is 4.70. The predicted molar refractivity (Wildman–Crippen MR) is 104 cm³/mol. The van der Waals surface area contributed by atoms with Gasteiger partial charge in [-0.2, -0.15) is 0 Å². The first-order chi connectivity index (χ1) is 12.7. The summed E-state index contributed by atoms with van der Waals surface area (Å²) < 4.78 is 5.47. The zero-order valence-corrected chi connectivity index (χ0v) is 15.4. The van der Waals surface area contributed by atoms with Crippen molar-refractivity contribution in [2.45, 2.75) is 0 Å². The maximum absolute atomic E-state index is 6.02. The van der Waals surface area contributed by atoms with Gasteiger partial charge in [-0.3, -0.25) is 0 Å². The van der Waals surface area contributed by atoms with Crippen molar-refractivity contribution in [2.24, 2.45) is 0 Å². The molecule has 1 aromatic heterocycles. The molecule has 5 nitrogen and oxygen atoms in total. The smallest absolute Gasteiger partial charge is 0.183 e. The van der Waals surface area contributed by atoms with Gasteiger partial charge in [-0.15, -0.1) is 10.2 Å². The van der Waals surface area contributed by atoms with Crippen LogP contribution in [0.5, 0.6) is 0 Å². The van der Waals surface area contributed by atoms with E-state index in [0.29, 0.717) is 29.1 Å². The molecule has 0 spiro atoms. The third-order valence-electron chi connectivity index (χ3n) is 4.20. The molecular formula is C19H16Cl2N4O. The minimum Gasteiger partial charge on any atom is -0.378 e. The van der Waals surface area contributed by atoms with Crippen molar-refractivity contribution in [3.8, 4) is 22.6 Å². The molecule has 7 heteroatoms. The first-order valence-corrected chi connectivity index (χ1v) is 9.05. The van der Waals surface area contributed by atoms with Crippen LogP contribution in [-0.4, -0.2) is 41.5 Å². The average molecular weight is 387 g/mol. The van der Waals surface area contributed by atoms with E-state index in [1.54, 1.807) is 0 Å². The van der Waals surface area contributed by atoms with Crippen molar-refractivity contribution in [3.05, 3.63) is 58.6 Å². The van der Waals surface area contributed by atoms with Crippen molar-refractivity contribution in [2.75, 3.05) is 31.2 Å². The Kier molecular flexibility index (Phi) is 5.02. The second kappa shape index (κ2) is 7.58. The number of ether oxygens (including phenoxy) is 1. The molecule has 132 valence electrons. The van der Waals surface area contributed by atoms with E-state index in [0.717, 1.165) is 35.7 Å². The number of hydrogen-bond donors (Lipinski definition) is 0. The molecule has 1 aliphatic heterocycles. The Morgan fingerprint density at radius 3 is 1.96 bits per heavy atom. The lowest BCUT2D eigenvalue weighted by molar-refractivity contribution is 0.122. The highest BCUT2D eigenvalue weighted by Crippen LogP contribution is 2.30. The summed E-state index contributed by atoms with van der Waals surface area (Å²) >= 11 is 12.0. The van der Waals surface area contributed by atoms with Crippen LogP contribution in [0, 0.1) is 0 Å². The molecule has 1 fully saturated rings. The van der Waals surface area contributed by atoms with Crippen LogP contribution in [0.25, 0.3) is 22.6 Å². The van der Waals surface area contributed by atoms with Gasteiger partial charge in [0, 0.05) is 34.3 Å². The maximum Gasteiger partial charge on any atom is 0.183 e. The molecule has 0 radical (unpaired) electrons. The summed E-state index contributed by atoms with van der Waals surface area (Å²) in [4.78, 5) is 7.00. The molecule has 2 aromatic carbocycles. The summed E-state index contributed by atoms with van der Waals surface area (Å²) in [5.74, 6) is 1.37. The number of morpholine rings is 1. The lowest BCUT2D eigenvalue weighted by Gasteiger charge is -2.29. The molecule has 1 aliphatic rings. The van der Waals surface area contributed by atoms with Gasteiger partial charge < -0.3 is 9.64 Å². The molecule has 0 atom stereocenters. The normalized spacial score (nSPS) is 14.5. The van der Waals surface area contributed by atoms with Crippen molar-refractivity contribution in [3.63, 3.8) is 0 Å². The zero-order chi connectivity index (χ0) is 17.9. The highest BCUT2D eigenvalue weighted by molar-refractivity contribution is 6.30. The molecule has 1 saturated heterocycles. The molecule has 0 saturated carbocycles. The third kappa shape index (κ3) is 3.65. The molecule has 0 N–H and O–H groups in total. The highest BCUT2D eigenvalue weighted by Gasteiger charge is 2.20. The molecule has 0 amide bonds. The Morgan fingerprint density at radius 1 is 0.769 bits per heavy atom. The lowest BCUT2D eigenvalue weighted by Crippen LogP contribution is -2.37. The standard InChI is InChI=1S/C19H16Cl2N4O/c20-15-5-1-13(2-6-15)17-19(25-9-11-26-12-10-25)22-18(24-23-17)14-3-7-16(21)8-4-14/h1-8H,9-12H2. The summed E-state index contributed by atoms with van der Waals surface area (Å²) in [5, 5.41) is 10.2. The summed E-state index contributed by atoms with van der Waals surface area (Å²) in [7, 11) is 0. The summed E-state index contributed by atoms with van der Waals surface area (Å²) in [6, 6.07) is 15.0. The largest absolute Gasteiger partial charge is 0.378 e. The fourth-order valence-corrected chi connectivity index (χ4v) is 3.08. The van der Waals surface area contributed by atoms with Gasteiger partial charge in [-0.05, 0) is 36.4 Å². The van der Waals surface area contributed by atoms with E-state index in [-0.39, 0.29) is 0 Å². The minimum atomic E-state index is 0.570. The molecule has 0 bridgehead atoms. The number of rotatable bonds is 3. The molecular weight excluding hydrogens is 371 g/mol. The van der Waals surface area contributed by atoms with Crippen LogP contribution in [-0.2, 0) is 4.74 Å². The van der Waals surface area contributed by atoms with E-state index in [9.17, 15) is 0 Å². The Bertz CT molecular complexity index is 894. The van der Waals surface area contributed by atoms with Gasteiger partial charge in [-0.1, -0.05) is 35.3 Å². The van der Waals surface area contributed by atoms with E-state index >= 15 is 0 Å². The average Bonchev–Trinajstić information content (AvgIpc) is 2.69. The van der Waals surface area contributed by atoms with Crippen molar-refractivity contribution < 1.29 is 4.74 Å². The quantitative estimate of drug-likeness (QED) is 0.669. The Balaban J connectivity index is 1.80. The predicted octanol–water partition coefficient (Wildman–Crippen LogP) is 4.35. The van der Waals surface area contributed by atoms with Gasteiger partial charge in [0.25, 0.3) is 0 Å². The summed E-state index contributed by atoms with van der Waals surface area (Å²) in [6.07, 6.45) is 0. The van der Waals surface area contributed by atoms with Crippen LogP contribution in [0.1, 0.15) is 0 Å². The van der Waals surface area contributed by atoms with Crippen LogP contribution in [0.4, 0.5) is 5.82 Å². The zero-order valence-electron chi connectivity index (χ0n) is 13.9. The Hall–Kier alpha value is -2.21. The number of benzene rings is 2. The molecule has 0 unspecified atom stereocenters. The van der Waals surface area contributed by atoms with E-state index < -0.39 is 0 Å². The van der Waals surface area contributed by atoms with E-state index in [1.165, 1.54) is 0 Å². The van der Waals surface area contributed by atoms with E-state index in [1.807, 2.05) is 48.5 Å². The van der Waals surface area contributed by atoms with Crippen LogP contribution in [0.3, 0.4) is 0 Å². The lowest BCUT2D eigenvalue weighted by atomic mass is 10.1. The second-order valence-electron chi connectivity index (χ2n) is 5.92. The Labute approximate surface area is 161 Å². The van der Waals surface area contributed by atoms with Crippen LogP contribution >= 0.6 is 23.2 Å².